The fourth-order valence-electron chi connectivity index (χ4n) is 3.40. The van der Waals surface area contributed by atoms with Gasteiger partial charge in [-0.2, -0.15) is 0 Å². The number of ether oxygens (including phenoxy) is 2. The number of nitrogens with one attached hydrogen (secondary N) is 1. The van der Waals surface area contributed by atoms with Gasteiger partial charge in [-0.3, -0.25) is 10.1 Å². The maximum atomic E-state index is 11.0. The molecule has 1 aliphatic heterocycles. The van der Waals surface area contributed by atoms with Crippen molar-refractivity contribution < 1.29 is 14.4 Å². The lowest BCUT2D eigenvalue weighted by molar-refractivity contribution is -0.385. The summed E-state index contributed by atoms with van der Waals surface area (Å²) in [5.74, 6) is 0.235. The second-order valence-electron chi connectivity index (χ2n) is 6.37. The number of nitro benzene ring substituents is 1. The molecule has 0 amide bonds. The third kappa shape index (κ3) is 3.76. The first-order valence-corrected chi connectivity index (χ1v) is 8.83. The fourth-order valence-corrected chi connectivity index (χ4v) is 3.74. The van der Waals surface area contributed by atoms with Crippen LogP contribution in [0.4, 0.5) is 11.4 Å². The Hall–Kier alpha value is -2.31. The van der Waals surface area contributed by atoms with E-state index in [4.69, 9.17) is 21.1 Å². The van der Waals surface area contributed by atoms with E-state index in [1.165, 1.54) is 13.2 Å². The molecular weight excluding hydrogens is 356 g/mol. The number of hydrogen-bond acceptors (Lipinski definition) is 5. The second-order valence-corrected chi connectivity index (χ2v) is 6.78. The SMILES string of the molecule is COc1cc(NCC2(c3ccccc3Cl)CCOCC2)ccc1[N+](=O)[O-]. The number of methoxy groups -OCH3 is 1. The first kappa shape index (κ1) is 18.5. The third-order valence-electron chi connectivity index (χ3n) is 4.90. The lowest BCUT2D eigenvalue weighted by atomic mass is 9.74. The van der Waals surface area contributed by atoms with Crippen LogP contribution in [0.3, 0.4) is 0 Å². The molecule has 0 unspecified atom stereocenters. The van der Waals surface area contributed by atoms with Crippen LogP contribution in [0.15, 0.2) is 42.5 Å². The molecule has 0 radical (unpaired) electrons. The molecular formula is C19H21ClN2O4. The Bertz CT molecular complexity index is 791. The summed E-state index contributed by atoms with van der Waals surface area (Å²) < 4.78 is 10.7. The molecule has 2 aromatic carbocycles. The molecule has 1 aliphatic rings. The Kier molecular flexibility index (Phi) is 5.64. The molecule has 0 spiro atoms. The highest BCUT2D eigenvalue weighted by molar-refractivity contribution is 6.31. The van der Waals surface area contributed by atoms with Gasteiger partial charge >= 0.3 is 5.69 Å². The topological polar surface area (TPSA) is 73.6 Å². The minimum atomic E-state index is -0.452. The molecule has 0 bridgehead atoms. The Morgan fingerprint density at radius 3 is 2.65 bits per heavy atom. The first-order chi connectivity index (χ1) is 12.6. The molecule has 0 aromatic heterocycles. The molecule has 0 atom stereocenters. The average molecular weight is 377 g/mol. The van der Waals surface area contributed by atoms with Crippen molar-refractivity contribution in [1.82, 2.24) is 0 Å². The van der Waals surface area contributed by atoms with Crippen molar-refractivity contribution in [1.29, 1.82) is 0 Å². The van der Waals surface area contributed by atoms with Gasteiger partial charge in [0.05, 0.1) is 12.0 Å². The van der Waals surface area contributed by atoms with E-state index in [-0.39, 0.29) is 16.9 Å². The molecule has 1 heterocycles. The number of halogens is 1. The Morgan fingerprint density at radius 1 is 1.27 bits per heavy atom. The molecule has 138 valence electrons. The number of benzene rings is 2. The summed E-state index contributed by atoms with van der Waals surface area (Å²) >= 11 is 6.47. The van der Waals surface area contributed by atoms with Crippen LogP contribution in [-0.4, -0.2) is 31.8 Å². The smallest absolute Gasteiger partial charge is 0.311 e. The molecule has 1 N–H and O–H groups in total. The van der Waals surface area contributed by atoms with Crippen LogP contribution in [-0.2, 0) is 10.2 Å². The van der Waals surface area contributed by atoms with E-state index < -0.39 is 4.92 Å². The lowest BCUT2D eigenvalue weighted by Crippen LogP contribution is -2.40. The summed E-state index contributed by atoms with van der Waals surface area (Å²) in [6, 6.07) is 12.7. The van der Waals surface area contributed by atoms with E-state index >= 15 is 0 Å². The van der Waals surface area contributed by atoms with Gasteiger partial charge in [0.25, 0.3) is 0 Å². The highest BCUT2D eigenvalue weighted by Gasteiger charge is 2.36. The molecule has 6 nitrogen and oxygen atoms in total. The standard InChI is InChI=1S/C19H21ClN2O4/c1-25-18-12-14(6-7-17(18)22(23)24)21-13-19(8-10-26-11-9-19)15-4-2-3-5-16(15)20/h2-7,12,21H,8-11,13H2,1H3. The van der Waals surface area contributed by atoms with Crippen LogP contribution in [0.25, 0.3) is 0 Å². The van der Waals surface area contributed by atoms with Gasteiger partial charge in [-0.15, -0.1) is 0 Å². The summed E-state index contributed by atoms with van der Waals surface area (Å²) in [6.07, 6.45) is 1.71. The Morgan fingerprint density at radius 2 is 2.00 bits per heavy atom. The fraction of sp³-hybridized carbons (Fsp3) is 0.368. The maximum absolute atomic E-state index is 11.0. The van der Waals surface area contributed by atoms with Crippen LogP contribution in [0.1, 0.15) is 18.4 Å². The van der Waals surface area contributed by atoms with Gasteiger partial charge in [0.1, 0.15) is 0 Å². The van der Waals surface area contributed by atoms with E-state index in [1.807, 2.05) is 18.2 Å². The molecule has 26 heavy (non-hydrogen) atoms. The number of rotatable bonds is 6. The van der Waals surface area contributed by atoms with Crippen LogP contribution in [0, 0.1) is 10.1 Å². The largest absolute Gasteiger partial charge is 0.490 e. The minimum Gasteiger partial charge on any atom is -0.490 e. The highest BCUT2D eigenvalue weighted by Crippen LogP contribution is 2.39. The quantitative estimate of drug-likeness (QED) is 0.596. The monoisotopic (exact) mass is 376 g/mol. The van der Waals surface area contributed by atoms with Gasteiger partial charge in [0, 0.05) is 48.0 Å². The van der Waals surface area contributed by atoms with Gasteiger partial charge < -0.3 is 14.8 Å². The summed E-state index contributed by atoms with van der Waals surface area (Å²) in [7, 11) is 1.43. The number of hydrogen-bond donors (Lipinski definition) is 1. The molecule has 1 fully saturated rings. The van der Waals surface area contributed by atoms with Gasteiger partial charge in [-0.05, 0) is 30.5 Å². The zero-order valence-corrected chi connectivity index (χ0v) is 15.3. The van der Waals surface area contributed by atoms with E-state index in [0.29, 0.717) is 19.8 Å². The summed E-state index contributed by atoms with van der Waals surface area (Å²) in [6.45, 7) is 2.01. The highest BCUT2D eigenvalue weighted by atomic mass is 35.5. The molecule has 0 aliphatic carbocycles. The number of nitrogens with zero attached hydrogens (tertiary/aromatic N) is 1. The maximum Gasteiger partial charge on any atom is 0.311 e. The van der Waals surface area contributed by atoms with E-state index in [9.17, 15) is 10.1 Å². The number of nitro groups is 1. The normalized spacial score (nSPS) is 16.1. The zero-order chi connectivity index (χ0) is 18.6. The van der Waals surface area contributed by atoms with Crippen LogP contribution >= 0.6 is 11.6 Å². The summed E-state index contributed by atoms with van der Waals surface area (Å²) in [5, 5.41) is 15.2. The van der Waals surface area contributed by atoms with Crippen molar-refractivity contribution in [2.45, 2.75) is 18.3 Å². The van der Waals surface area contributed by atoms with E-state index in [0.717, 1.165) is 29.1 Å². The van der Waals surface area contributed by atoms with Crippen LogP contribution in [0.2, 0.25) is 5.02 Å². The Balaban J connectivity index is 1.85. The summed E-state index contributed by atoms with van der Waals surface area (Å²) in [5.41, 5.74) is 1.67. The van der Waals surface area contributed by atoms with Crippen molar-refractivity contribution in [3.05, 3.63) is 63.2 Å². The molecule has 0 saturated carbocycles. The van der Waals surface area contributed by atoms with E-state index in [1.54, 1.807) is 12.1 Å². The predicted molar refractivity (Wildman–Crippen MR) is 101 cm³/mol. The molecule has 7 heteroatoms. The zero-order valence-electron chi connectivity index (χ0n) is 14.5. The van der Waals surface area contributed by atoms with E-state index in [2.05, 4.69) is 11.4 Å². The average Bonchev–Trinajstić information content (AvgIpc) is 2.67. The first-order valence-electron chi connectivity index (χ1n) is 8.45. The van der Waals surface area contributed by atoms with Gasteiger partial charge in [-0.25, -0.2) is 0 Å². The van der Waals surface area contributed by atoms with Gasteiger partial charge in [0.2, 0.25) is 0 Å². The molecule has 2 aromatic rings. The molecule has 3 rings (SSSR count). The second kappa shape index (κ2) is 7.93. The Labute approximate surface area is 157 Å². The van der Waals surface area contributed by atoms with Crippen molar-refractivity contribution in [3.63, 3.8) is 0 Å². The van der Waals surface area contributed by atoms with Crippen LogP contribution < -0.4 is 10.1 Å². The van der Waals surface area contributed by atoms with Gasteiger partial charge in [0.15, 0.2) is 5.75 Å². The van der Waals surface area contributed by atoms with Gasteiger partial charge in [-0.1, -0.05) is 29.8 Å². The van der Waals surface area contributed by atoms with Crippen molar-refractivity contribution >= 4 is 23.0 Å². The van der Waals surface area contributed by atoms with Crippen LogP contribution in [0.5, 0.6) is 5.75 Å². The molecule has 1 saturated heterocycles. The summed E-state index contributed by atoms with van der Waals surface area (Å²) in [4.78, 5) is 10.6. The lowest BCUT2D eigenvalue weighted by Gasteiger charge is -2.38. The minimum absolute atomic E-state index is 0.0510. The van der Waals surface area contributed by atoms with Crippen molar-refractivity contribution in [2.75, 3.05) is 32.2 Å². The predicted octanol–water partition coefficient (Wildman–Crippen LogP) is 4.42. The third-order valence-corrected chi connectivity index (χ3v) is 5.23. The van der Waals surface area contributed by atoms with Crippen molar-refractivity contribution in [3.8, 4) is 5.75 Å². The number of anilines is 1. The van der Waals surface area contributed by atoms with Crippen molar-refractivity contribution in [2.24, 2.45) is 0 Å².